The summed E-state index contributed by atoms with van der Waals surface area (Å²) >= 11 is 1.17. The van der Waals surface area contributed by atoms with Gasteiger partial charge in [0, 0.05) is 18.5 Å². The number of aromatic nitrogens is 1. The zero-order valence-corrected chi connectivity index (χ0v) is 14.5. The van der Waals surface area contributed by atoms with Crippen molar-refractivity contribution in [1.82, 2.24) is 9.71 Å². The first-order valence-corrected chi connectivity index (χ1v) is 9.57. The Kier molecular flexibility index (Phi) is 4.79. The van der Waals surface area contributed by atoms with E-state index in [1.807, 2.05) is 0 Å². The van der Waals surface area contributed by atoms with Gasteiger partial charge in [0.25, 0.3) is 0 Å². The molecule has 2 heterocycles. The van der Waals surface area contributed by atoms with Gasteiger partial charge in [0.2, 0.25) is 15.9 Å². The zero-order valence-electron chi connectivity index (χ0n) is 12.8. The van der Waals surface area contributed by atoms with E-state index in [2.05, 4.69) is 9.71 Å². The molecule has 3 rings (SSSR count). The molecule has 0 saturated carbocycles. The van der Waals surface area contributed by atoms with Gasteiger partial charge in [-0.05, 0) is 42.6 Å². The molecule has 0 aliphatic rings. The lowest BCUT2D eigenvalue weighted by atomic mass is 10.2. The monoisotopic (exact) mass is 366 g/mol. The summed E-state index contributed by atoms with van der Waals surface area (Å²) in [7, 11) is -3.48. The van der Waals surface area contributed by atoms with Gasteiger partial charge in [0.1, 0.15) is 15.8 Å². The highest BCUT2D eigenvalue weighted by atomic mass is 32.2. The van der Waals surface area contributed by atoms with Crippen molar-refractivity contribution < 1.29 is 17.2 Å². The molecule has 0 spiro atoms. The number of hydrogen-bond donors (Lipinski definition) is 1. The lowest BCUT2D eigenvalue weighted by Crippen LogP contribution is -2.25. The van der Waals surface area contributed by atoms with E-state index < -0.39 is 10.0 Å². The lowest BCUT2D eigenvalue weighted by Gasteiger charge is -2.03. The molecule has 0 saturated heterocycles. The van der Waals surface area contributed by atoms with Crippen LogP contribution in [0.25, 0.3) is 11.5 Å². The van der Waals surface area contributed by atoms with Crippen molar-refractivity contribution in [1.29, 1.82) is 0 Å². The molecule has 2 aromatic heterocycles. The Morgan fingerprint density at radius 1 is 1.25 bits per heavy atom. The Labute approximate surface area is 143 Å². The van der Waals surface area contributed by atoms with Crippen molar-refractivity contribution in [3.8, 4) is 11.5 Å². The molecule has 1 N–H and O–H groups in total. The van der Waals surface area contributed by atoms with E-state index >= 15 is 0 Å². The summed E-state index contributed by atoms with van der Waals surface area (Å²) in [6.45, 7) is 1.99. The number of nitrogens with one attached hydrogen (secondary N) is 1. The molecule has 8 heteroatoms. The second-order valence-corrected chi connectivity index (χ2v) is 8.05. The van der Waals surface area contributed by atoms with Gasteiger partial charge in [-0.1, -0.05) is 6.07 Å². The molecule has 0 atom stereocenters. The van der Waals surface area contributed by atoms with Crippen LogP contribution in [0.5, 0.6) is 0 Å². The molecule has 0 amide bonds. The number of oxazole rings is 1. The van der Waals surface area contributed by atoms with Crippen LogP contribution >= 0.6 is 11.3 Å². The van der Waals surface area contributed by atoms with Crippen molar-refractivity contribution in [3.63, 3.8) is 0 Å². The second-order valence-electron chi connectivity index (χ2n) is 5.11. The van der Waals surface area contributed by atoms with Crippen molar-refractivity contribution in [3.05, 3.63) is 59.0 Å². The molecule has 0 aliphatic heterocycles. The van der Waals surface area contributed by atoms with Gasteiger partial charge in [-0.2, -0.15) is 0 Å². The SMILES string of the molecule is Cc1oc(-c2ccc(F)cc2)nc1CCNS(=O)(=O)c1cccs1. The summed E-state index contributed by atoms with van der Waals surface area (Å²) in [5.74, 6) is 0.679. The van der Waals surface area contributed by atoms with E-state index in [1.165, 1.54) is 23.5 Å². The van der Waals surface area contributed by atoms with E-state index in [0.717, 1.165) is 0 Å². The summed E-state index contributed by atoms with van der Waals surface area (Å²) in [5, 5.41) is 1.71. The highest BCUT2D eigenvalue weighted by Gasteiger charge is 2.16. The second kappa shape index (κ2) is 6.84. The number of halogens is 1. The van der Waals surface area contributed by atoms with Crippen molar-refractivity contribution >= 4 is 21.4 Å². The van der Waals surface area contributed by atoms with Gasteiger partial charge in [-0.3, -0.25) is 0 Å². The summed E-state index contributed by atoms with van der Waals surface area (Å²) in [5.41, 5.74) is 1.34. The van der Waals surface area contributed by atoms with Crippen LogP contribution in [0.4, 0.5) is 4.39 Å². The summed E-state index contributed by atoms with van der Waals surface area (Å²) in [4.78, 5) is 4.37. The Balaban J connectivity index is 1.67. The predicted molar refractivity (Wildman–Crippen MR) is 89.8 cm³/mol. The van der Waals surface area contributed by atoms with E-state index in [9.17, 15) is 12.8 Å². The molecule has 5 nitrogen and oxygen atoms in total. The van der Waals surface area contributed by atoms with Gasteiger partial charge in [-0.25, -0.2) is 22.5 Å². The van der Waals surface area contributed by atoms with Gasteiger partial charge >= 0.3 is 0 Å². The Morgan fingerprint density at radius 3 is 2.67 bits per heavy atom. The molecule has 1 aromatic carbocycles. The standard InChI is InChI=1S/C16H15FN2O3S2/c1-11-14(8-9-18-24(20,21)15-3-2-10-23-15)19-16(22-11)12-4-6-13(17)7-5-12/h2-7,10,18H,8-9H2,1H3. The number of benzene rings is 1. The van der Waals surface area contributed by atoms with E-state index in [4.69, 9.17) is 4.42 Å². The molecule has 24 heavy (non-hydrogen) atoms. The maximum atomic E-state index is 13.0. The van der Waals surface area contributed by atoms with E-state index in [-0.39, 0.29) is 16.6 Å². The van der Waals surface area contributed by atoms with Gasteiger partial charge < -0.3 is 4.42 Å². The maximum Gasteiger partial charge on any atom is 0.250 e. The fourth-order valence-electron chi connectivity index (χ4n) is 2.17. The fourth-order valence-corrected chi connectivity index (χ4v) is 4.24. The Morgan fingerprint density at radius 2 is 2.00 bits per heavy atom. The number of aryl methyl sites for hydroxylation is 1. The molecule has 0 radical (unpaired) electrons. The van der Waals surface area contributed by atoms with E-state index in [0.29, 0.717) is 29.3 Å². The lowest BCUT2D eigenvalue weighted by molar-refractivity contribution is 0.538. The van der Waals surface area contributed by atoms with Crippen LogP contribution in [0.15, 0.2) is 50.4 Å². The molecule has 0 aliphatic carbocycles. The van der Waals surface area contributed by atoms with Crippen LogP contribution in [0.3, 0.4) is 0 Å². The molecule has 0 unspecified atom stereocenters. The highest BCUT2D eigenvalue weighted by molar-refractivity contribution is 7.91. The first-order valence-electron chi connectivity index (χ1n) is 7.21. The minimum absolute atomic E-state index is 0.219. The van der Waals surface area contributed by atoms with Crippen molar-refractivity contribution in [2.45, 2.75) is 17.6 Å². The first-order chi connectivity index (χ1) is 11.5. The summed E-state index contributed by atoms with van der Waals surface area (Å²) in [6.07, 6.45) is 0.404. The predicted octanol–water partition coefficient (Wildman–Crippen LogP) is 3.37. The zero-order chi connectivity index (χ0) is 17.2. The normalized spacial score (nSPS) is 11.8. The average molecular weight is 366 g/mol. The smallest absolute Gasteiger partial charge is 0.250 e. The third-order valence-corrected chi connectivity index (χ3v) is 6.26. The maximum absolute atomic E-state index is 13.0. The largest absolute Gasteiger partial charge is 0.441 e. The van der Waals surface area contributed by atoms with Crippen LogP contribution in [0.2, 0.25) is 0 Å². The van der Waals surface area contributed by atoms with Crippen LogP contribution in [-0.4, -0.2) is 19.9 Å². The van der Waals surface area contributed by atoms with Crippen LogP contribution in [0.1, 0.15) is 11.5 Å². The minimum Gasteiger partial charge on any atom is -0.441 e. The number of hydrogen-bond acceptors (Lipinski definition) is 5. The number of rotatable bonds is 6. The topological polar surface area (TPSA) is 72.2 Å². The molecular formula is C16H15FN2O3S2. The van der Waals surface area contributed by atoms with Crippen LogP contribution in [0, 0.1) is 12.7 Å². The van der Waals surface area contributed by atoms with Gasteiger partial charge in [-0.15, -0.1) is 11.3 Å². The molecular weight excluding hydrogens is 351 g/mol. The fraction of sp³-hybridized carbons (Fsp3) is 0.188. The minimum atomic E-state index is -3.48. The van der Waals surface area contributed by atoms with Crippen LogP contribution < -0.4 is 4.72 Å². The molecule has 126 valence electrons. The number of nitrogens with zero attached hydrogens (tertiary/aromatic N) is 1. The average Bonchev–Trinajstić information content (AvgIpc) is 3.19. The van der Waals surface area contributed by atoms with Gasteiger partial charge in [0.05, 0.1) is 5.69 Å². The highest BCUT2D eigenvalue weighted by Crippen LogP contribution is 2.22. The molecule has 3 aromatic rings. The number of sulfonamides is 1. The van der Waals surface area contributed by atoms with E-state index in [1.54, 1.807) is 36.6 Å². The quantitative estimate of drug-likeness (QED) is 0.726. The molecule has 0 fully saturated rings. The third kappa shape index (κ3) is 3.72. The summed E-state index contributed by atoms with van der Waals surface area (Å²) in [6, 6.07) is 9.10. The Bertz CT molecular complexity index is 917. The van der Waals surface area contributed by atoms with Crippen molar-refractivity contribution in [2.75, 3.05) is 6.54 Å². The third-order valence-electron chi connectivity index (χ3n) is 3.40. The first kappa shape index (κ1) is 16.8. The Hall–Kier alpha value is -2.03. The van der Waals surface area contributed by atoms with Gasteiger partial charge in [0.15, 0.2) is 0 Å². The molecule has 0 bridgehead atoms. The summed E-state index contributed by atoms with van der Waals surface area (Å²) < 4.78 is 45.5. The van der Waals surface area contributed by atoms with Crippen molar-refractivity contribution in [2.24, 2.45) is 0 Å². The number of thiophene rings is 1. The van der Waals surface area contributed by atoms with Crippen LogP contribution in [-0.2, 0) is 16.4 Å².